The van der Waals surface area contributed by atoms with E-state index in [0.29, 0.717) is 42.7 Å². The number of morpholine rings is 1. The second kappa shape index (κ2) is 8.71. The molecule has 144 valence electrons. The van der Waals surface area contributed by atoms with Crippen LogP contribution in [0.1, 0.15) is 0 Å². The number of anilines is 2. The van der Waals surface area contributed by atoms with Gasteiger partial charge < -0.3 is 15.4 Å². The monoisotopic (exact) mass is 409 g/mol. The van der Waals surface area contributed by atoms with E-state index in [0.717, 1.165) is 0 Å². The first-order valence-electron chi connectivity index (χ1n) is 8.42. The van der Waals surface area contributed by atoms with Crippen LogP contribution < -0.4 is 10.6 Å². The van der Waals surface area contributed by atoms with Crippen LogP contribution in [-0.2, 0) is 19.6 Å². The summed E-state index contributed by atoms with van der Waals surface area (Å²) < 4.78 is 31.7. The van der Waals surface area contributed by atoms with Crippen LogP contribution in [0.3, 0.4) is 0 Å². The molecule has 0 bridgehead atoms. The second-order valence-electron chi connectivity index (χ2n) is 5.95. The molecule has 1 aliphatic heterocycles. The lowest BCUT2D eigenvalue weighted by Gasteiger charge is -2.26. The molecule has 0 radical (unpaired) electrons. The minimum Gasteiger partial charge on any atom is -0.379 e. The van der Waals surface area contributed by atoms with E-state index in [1.54, 1.807) is 36.4 Å². The lowest BCUT2D eigenvalue weighted by atomic mass is 10.3. The topological polar surface area (TPSA) is 87.7 Å². The lowest BCUT2D eigenvalue weighted by Crippen LogP contribution is -2.40. The van der Waals surface area contributed by atoms with Gasteiger partial charge in [-0.3, -0.25) is 4.79 Å². The fraction of sp³-hybridized carbons (Fsp3) is 0.278. The number of hydrogen-bond donors (Lipinski definition) is 2. The van der Waals surface area contributed by atoms with E-state index in [2.05, 4.69) is 10.6 Å². The number of ether oxygens (including phenoxy) is 1. The fourth-order valence-electron chi connectivity index (χ4n) is 2.63. The highest BCUT2D eigenvalue weighted by molar-refractivity contribution is 7.89. The molecule has 0 saturated carbocycles. The quantitative estimate of drug-likeness (QED) is 0.765. The van der Waals surface area contributed by atoms with Crippen molar-refractivity contribution >= 4 is 38.9 Å². The minimum absolute atomic E-state index is 0.0437. The van der Waals surface area contributed by atoms with Crippen LogP contribution in [-0.4, -0.2) is 51.5 Å². The smallest absolute Gasteiger partial charge is 0.243 e. The van der Waals surface area contributed by atoms with Crippen LogP contribution >= 0.6 is 11.6 Å². The van der Waals surface area contributed by atoms with Crippen molar-refractivity contribution in [2.75, 3.05) is 43.5 Å². The van der Waals surface area contributed by atoms with Crippen molar-refractivity contribution in [1.82, 2.24) is 4.31 Å². The van der Waals surface area contributed by atoms with E-state index in [1.807, 2.05) is 0 Å². The number of rotatable bonds is 6. The summed E-state index contributed by atoms with van der Waals surface area (Å²) in [5.41, 5.74) is 1.26. The molecule has 2 aromatic rings. The Morgan fingerprint density at radius 2 is 1.78 bits per heavy atom. The highest BCUT2D eigenvalue weighted by Crippen LogP contribution is 2.19. The van der Waals surface area contributed by atoms with Gasteiger partial charge in [-0.1, -0.05) is 17.7 Å². The van der Waals surface area contributed by atoms with Crippen molar-refractivity contribution in [3.8, 4) is 0 Å². The molecular weight excluding hydrogens is 390 g/mol. The van der Waals surface area contributed by atoms with Crippen LogP contribution in [0.25, 0.3) is 0 Å². The number of nitrogens with zero attached hydrogens (tertiary/aromatic N) is 1. The van der Waals surface area contributed by atoms with Gasteiger partial charge in [-0.05, 0) is 42.5 Å². The first kappa shape index (κ1) is 19.6. The predicted molar refractivity (Wildman–Crippen MR) is 105 cm³/mol. The van der Waals surface area contributed by atoms with Crippen molar-refractivity contribution in [1.29, 1.82) is 0 Å². The van der Waals surface area contributed by atoms with Crippen molar-refractivity contribution in [2.45, 2.75) is 4.90 Å². The molecule has 1 fully saturated rings. The highest BCUT2D eigenvalue weighted by atomic mass is 35.5. The molecule has 1 heterocycles. The van der Waals surface area contributed by atoms with E-state index in [4.69, 9.17) is 16.3 Å². The lowest BCUT2D eigenvalue weighted by molar-refractivity contribution is -0.114. The maximum atomic E-state index is 12.6. The van der Waals surface area contributed by atoms with E-state index < -0.39 is 10.0 Å². The molecule has 0 aliphatic carbocycles. The third-order valence-corrected chi connectivity index (χ3v) is 6.17. The Balaban J connectivity index is 1.56. The van der Waals surface area contributed by atoms with Crippen molar-refractivity contribution in [2.24, 2.45) is 0 Å². The molecule has 3 rings (SSSR count). The van der Waals surface area contributed by atoms with Crippen LogP contribution in [0.4, 0.5) is 11.4 Å². The third-order valence-electron chi connectivity index (χ3n) is 4.02. The number of hydrogen-bond acceptors (Lipinski definition) is 5. The largest absolute Gasteiger partial charge is 0.379 e. The Bertz CT molecular complexity index is 897. The third kappa shape index (κ3) is 5.20. The molecule has 1 aliphatic rings. The van der Waals surface area contributed by atoms with Crippen LogP contribution in [0.5, 0.6) is 0 Å². The summed E-state index contributed by atoms with van der Waals surface area (Å²) in [6.07, 6.45) is 0. The first-order chi connectivity index (χ1) is 12.9. The summed E-state index contributed by atoms with van der Waals surface area (Å²) in [4.78, 5) is 12.2. The Labute approximate surface area is 163 Å². The average molecular weight is 410 g/mol. The summed E-state index contributed by atoms with van der Waals surface area (Å²) in [7, 11) is -3.52. The molecule has 1 amide bonds. The number of sulfonamides is 1. The molecule has 2 aromatic carbocycles. The first-order valence-corrected chi connectivity index (χ1v) is 10.2. The van der Waals surface area contributed by atoms with Gasteiger partial charge in [0.15, 0.2) is 0 Å². The number of nitrogens with one attached hydrogen (secondary N) is 2. The zero-order valence-corrected chi connectivity index (χ0v) is 16.1. The van der Waals surface area contributed by atoms with Crippen LogP contribution in [0.15, 0.2) is 53.4 Å². The minimum atomic E-state index is -3.52. The molecule has 0 unspecified atom stereocenters. The molecule has 7 nitrogen and oxygen atoms in total. The molecule has 0 spiro atoms. The number of carbonyl (C=O) groups is 1. The van der Waals surface area contributed by atoms with Crippen LogP contribution in [0.2, 0.25) is 5.02 Å². The van der Waals surface area contributed by atoms with Gasteiger partial charge >= 0.3 is 0 Å². The molecule has 2 N–H and O–H groups in total. The highest BCUT2D eigenvalue weighted by Gasteiger charge is 2.26. The summed E-state index contributed by atoms with van der Waals surface area (Å²) in [6.45, 7) is 1.56. The summed E-state index contributed by atoms with van der Waals surface area (Å²) >= 11 is 5.88. The number of carbonyl (C=O) groups excluding carboxylic acids is 1. The van der Waals surface area contributed by atoms with Gasteiger partial charge in [-0.25, -0.2) is 8.42 Å². The molecule has 27 heavy (non-hydrogen) atoms. The van der Waals surface area contributed by atoms with Gasteiger partial charge in [-0.2, -0.15) is 4.31 Å². The van der Waals surface area contributed by atoms with Gasteiger partial charge in [0.25, 0.3) is 0 Å². The van der Waals surface area contributed by atoms with Gasteiger partial charge in [0.1, 0.15) is 0 Å². The maximum Gasteiger partial charge on any atom is 0.243 e. The average Bonchev–Trinajstić information content (AvgIpc) is 2.67. The molecule has 0 atom stereocenters. The number of amides is 1. The predicted octanol–water partition coefficient (Wildman–Crippen LogP) is 2.41. The normalized spacial score (nSPS) is 15.3. The summed E-state index contributed by atoms with van der Waals surface area (Å²) in [5, 5.41) is 6.24. The Morgan fingerprint density at radius 1 is 1.07 bits per heavy atom. The standard InChI is InChI=1S/C18H20ClN3O4S/c19-14-2-1-3-16(12-14)21-18(23)13-20-15-4-6-17(7-5-15)27(24,25)22-8-10-26-11-9-22/h1-7,12,20H,8-11,13H2,(H,21,23). The Morgan fingerprint density at radius 3 is 2.44 bits per heavy atom. The SMILES string of the molecule is O=C(CNc1ccc(S(=O)(=O)N2CCOCC2)cc1)Nc1cccc(Cl)c1. The van der Waals surface area contributed by atoms with E-state index in [1.165, 1.54) is 16.4 Å². The second-order valence-corrected chi connectivity index (χ2v) is 8.33. The van der Waals surface area contributed by atoms with Gasteiger partial charge in [-0.15, -0.1) is 0 Å². The Kier molecular flexibility index (Phi) is 6.33. The van der Waals surface area contributed by atoms with E-state index in [9.17, 15) is 13.2 Å². The Hall–Kier alpha value is -2.13. The molecule has 0 aromatic heterocycles. The molecular formula is C18H20ClN3O4S. The molecule has 9 heteroatoms. The maximum absolute atomic E-state index is 12.6. The number of benzene rings is 2. The summed E-state index contributed by atoms with van der Waals surface area (Å²) in [6, 6.07) is 13.2. The van der Waals surface area contributed by atoms with Gasteiger partial charge in [0.2, 0.25) is 15.9 Å². The van der Waals surface area contributed by atoms with Crippen molar-refractivity contribution < 1.29 is 17.9 Å². The van der Waals surface area contributed by atoms with Crippen LogP contribution in [0, 0.1) is 0 Å². The zero-order chi connectivity index (χ0) is 19.3. The summed E-state index contributed by atoms with van der Waals surface area (Å²) in [5.74, 6) is -0.234. The molecule has 1 saturated heterocycles. The zero-order valence-electron chi connectivity index (χ0n) is 14.5. The van der Waals surface area contributed by atoms with E-state index in [-0.39, 0.29) is 17.3 Å². The van der Waals surface area contributed by atoms with Gasteiger partial charge in [0.05, 0.1) is 24.7 Å². The fourth-order valence-corrected chi connectivity index (χ4v) is 4.23. The van der Waals surface area contributed by atoms with Crippen molar-refractivity contribution in [3.63, 3.8) is 0 Å². The van der Waals surface area contributed by atoms with Gasteiger partial charge in [0, 0.05) is 29.5 Å². The number of halogens is 1. The van der Waals surface area contributed by atoms with Crippen molar-refractivity contribution in [3.05, 3.63) is 53.6 Å². The van der Waals surface area contributed by atoms with E-state index >= 15 is 0 Å².